The van der Waals surface area contributed by atoms with Crippen LogP contribution in [0.4, 0.5) is 0 Å². The van der Waals surface area contributed by atoms with E-state index in [9.17, 15) is 0 Å². The van der Waals surface area contributed by atoms with Gasteiger partial charge in [-0.3, -0.25) is 0 Å². The molecule has 0 amide bonds. The number of rotatable bonds is 2. The Hall–Kier alpha value is -4.14. The van der Waals surface area contributed by atoms with E-state index in [0.29, 0.717) is 0 Å². The minimum atomic E-state index is 0.723. The quantitative estimate of drug-likeness (QED) is 0.370. The molecule has 0 N–H and O–H groups in total. The first-order valence-electron chi connectivity index (χ1n) is 9.74. The fourth-order valence-electron chi connectivity index (χ4n) is 3.13. The standard InChI is InChI=1S/2C14H11N/c2*1-11-6-8-12(9-7-11)14-5-3-2-4-13(14)10-15/h2*2-9H,1H3. The van der Waals surface area contributed by atoms with E-state index >= 15 is 0 Å². The summed E-state index contributed by atoms with van der Waals surface area (Å²) < 4.78 is 0. The number of aryl methyl sites for hydroxylation is 2. The molecule has 0 radical (unpaired) electrons. The highest BCUT2D eigenvalue weighted by Crippen LogP contribution is 2.24. The van der Waals surface area contributed by atoms with E-state index in [-0.39, 0.29) is 0 Å². The lowest BCUT2D eigenvalue weighted by Gasteiger charge is -2.03. The summed E-state index contributed by atoms with van der Waals surface area (Å²) in [5.74, 6) is 0. The topological polar surface area (TPSA) is 47.6 Å². The first-order chi connectivity index (χ1) is 14.6. The minimum absolute atomic E-state index is 0.723. The summed E-state index contributed by atoms with van der Waals surface area (Å²) in [4.78, 5) is 0. The van der Waals surface area contributed by atoms with Crippen LogP contribution in [0, 0.1) is 36.5 Å². The second kappa shape index (κ2) is 9.87. The fourth-order valence-corrected chi connectivity index (χ4v) is 3.13. The second-order valence-corrected chi connectivity index (χ2v) is 7.05. The molecule has 0 saturated heterocycles. The molecule has 30 heavy (non-hydrogen) atoms. The van der Waals surface area contributed by atoms with E-state index in [0.717, 1.165) is 33.4 Å². The molecule has 0 bridgehead atoms. The van der Waals surface area contributed by atoms with Crippen LogP contribution in [-0.4, -0.2) is 0 Å². The third kappa shape index (κ3) is 5.02. The Labute approximate surface area is 178 Å². The molecule has 0 heterocycles. The number of nitriles is 2. The van der Waals surface area contributed by atoms with Gasteiger partial charge in [-0.05, 0) is 48.2 Å². The average molecular weight is 386 g/mol. The van der Waals surface area contributed by atoms with Crippen molar-refractivity contribution >= 4 is 0 Å². The van der Waals surface area contributed by atoms with Crippen LogP contribution in [0.25, 0.3) is 22.3 Å². The van der Waals surface area contributed by atoms with Gasteiger partial charge in [0.1, 0.15) is 0 Å². The van der Waals surface area contributed by atoms with Gasteiger partial charge in [0.25, 0.3) is 0 Å². The van der Waals surface area contributed by atoms with Gasteiger partial charge in [-0.1, -0.05) is 96.1 Å². The van der Waals surface area contributed by atoms with Crippen molar-refractivity contribution in [1.82, 2.24) is 0 Å². The largest absolute Gasteiger partial charge is 0.192 e. The normalized spacial score (nSPS) is 9.60. The number of hydrogen-bond donors (Lipinski definition) is 0. The highest BCUT2D eigenvalue weighted by molar-refractivity contribution is 5.71. The first-order valence-corrected chi connectivity index (χ1v) is 9.74. The summed E-state index contributed by atoms with van der Waals surface area (Å²) >= 11 is 0. The van der Waals surface area contributed by atoms with Crippen LogP contribution in [0.15, 0.2) is 97.1 Å². The summed E-state index contributed by atoms with van der Waals surface area (Å²) in [7, 11) is 0. The molecule has 0 aliphatic carbocycles. The van der Waals surface area contributed by atoms with Crippen molar-refractivity contribution in [3.8, 4) is 34.4 Å². The second-order valence-electron chi connectivity index (χ2n) is 7.05. The Bertz CT molecular complexity index is 1110. The van der Waals surface area contributed by atoms with Crippen molar-refractivity contribution in [2.24, 2.45) is 0 Å². The van der Waals surface area contributed by atoms with Crippen molar-refractivity contribution in [3.05, 3.63) is 119 Å². The lowest BCUT2D eigenvalue weighted by atomic mass is 10.00. The van der Waals surface area contributed by atoms with E-state index in [1.54, 1.807) is 0 Å². The van der Waals surface area contributed by atoms with Gasteiger partial charge in [-0.2, -0.15) is 10.5 Å². The highest BCUT2D eigenvalue weighted by atomic mass is 14.2. The van der Waals surface area contributed by atoms with Gasteiger partial charge >= 0.3 is 0 Å². The molecule has 4 aromatic rings. The maximum atomic E-state index is 8.98. The molecule has 2 heteroatoms. The van der Waals surface area contributed by atoms with Gasteiger partial charge in [0.05, 0.1) is 23.3 Å². The van der Waals surface area contributed by atoms with Crippen molar-refractivity contribution in [3.63, 3.8) is 0 Å². The molecule has 0 spiro atoms. The molecule has 4 aromatic carbocycles. The Balaban J connectivity index is 0.000000171. The molecule has 0 aliphatic heterocycles. The van der Waals surface area contributed by atoms with Crippen LogP contribution >= 0.6 is 0 Å². The zero-order valence-corrected chi connectivity index (χ0v) is 17.1. The lowest BCUT2D eigenvalue weighted by Crippen LogP contribution is -1.83. The van der Waals surface area contributed by atoms with Gasteiger partial charge < -0.3 is 0 Å². The molecule has 0 fully saturated rings. The monoisotopic (exact) mass is 386 g/mol. The van der Waals surface area contributed by atoms with Gasteiger partial charge in [-0.25, -0.2) is 0 Å². The van der Waals surface area contributed by atoms with Crippen LogP contribution in [0.2, 0.25) is 0 Å². The maximum Gasteiger partial charge on any atom is 0.0998 e. The van der Waals surface area contributed by atoms with Crippen LogP contribution in [-0.2, 0) is 0 Å². The van der Waals surface area contributed by atoms with E-state index < -0.39 is 0 Å². The first kappa shape index (κ1) is 20.6. The fraction of sp³-hybridized carbons (Fsp3) is 0.0714. The summed E-state index contributed by atoms with van der Waals surface area (Å²) in [6.07, 6.45) is 0. The Kier molecular flexibility index (Phi) is 6.78. The molecule has 0 aliphatic rings. The summed E-state index contributed by atoms with van der Waals surface area (Å²) in [6, 6.07) is 36.2. The molecule has 0 aromatic heterocycles. The predicted octanol–water partition coefficient (Wildman–Crippen LogP) is 7.07. The number of nitrogens with zero attached hydrogens (tertiary/aromatic N) is 2. The van der Waals surface area contributed by atoms with Crippen molar-refractivity contribution < 1.29 is 0 Å². The minimum Gasteiger partial charge on any atom is -0.192 e. The zero-order valence-electron chi connectivity index (χ0n) is 17.1. The van der Waals surface area contributed by atoms with E-state index in [4.69, 9.17) is 10.5 Å². The molecule has 0 atom stereocenters. The van der Waals surface area contributed by atoms with Gasteiger partial charge in [0.15, 0.2) is 0 Å². The highest BCUT2D eigenvalue weighted by Gasteiger charge is 2.03. The number of hydrogen-bond acceptors (Lipinski definition) is 2. The summed E-state index contributed by atoms with van der Waals surface area (Å²) in [6.45, 7) is 4.11. The predicted molar refractivity (Wildman–Crippen MR) is 123 cm³/mol. The lowest BCUT2D eigenvalue weighted by molar-refractivity contribution is 1.45. The third-order valence-electron chi connectivity index (χ3n) is 4.82. The van der Waals surface area contributed by atoms with E-state index in [2.05, 4.69) is 50.3 Å². The van der Waals surface area contributed by atoms with Crippen molar-refractivity contribution in [2.75, 3.05) is 0 Å². The maximum absolute atomic E-state index is 8.98. The van der Waals surface area contributed by atoms with E-state index in [1.807, 2.05) is 72.8 Å². The molecule has 0 saturated carbocycles. The Morgan fingerprint density at radius 1 is 0.467 bits per heavy atom. The SMILES string of the molecule is Cc1ccc(-c2ccccc2C#N)cc1.Cc1ccc(-c2ccccc2C#N)cc1. The van der Waals surface area contributed by atoms with Gasteiger partial charge in [-0.15, -0.1) is 0 Å². The van der Waals surface area contributed by atoms with E-state index in [1.165, 1.54) is 11.1 Å². The van der Waals surface area contributed by atoms with Crippen molar-refractivity contribution in [1.29, 1.82) is 10.5 Å². The molecule has 0 unspecified atom stereocenters. The van der Waals surface area contributed by atoms with Crippen molar-refractivity contribution in [2.45, 2.75) is 13.8 Å². The smallest absolute Gasteiger partial charge is 0.0998 e. The van der Waals surface area contributed by atoms with Gasteiger partial charge in [0, 0.05) is 0 Å². The average Bonchev–Trinajstić information content (AvgIpc) is 2.80. The molecular formula is C28H22N2. The zero-order chi connectivity index (χ0) is 21.3. The molecule has 2 nitrogen and oxygen atoms in total. The van der Waals surface area contributed by atoms with Crippen LogP contribution in [0.1, 0.15) is 22.3 Å². The van der Waals surface area contributed by atoms with Crippen LogP contribution in [0.3, 0.4) is 0 Å². The molecule has 4 rings (SSSR count). The number of benzene rings is 4. The molecule has 144 valence electrons. The summed E-state index contributed by atoms with van der Waals surface area (Å²) in [5.41, 5.74) is 8.10. The Morgan fingerprint density at radius 2 is 0.800 bits per heavy atom. The molecular weight excluding hydrogens is 364 g/mol. The van der Waals surface area contributed by atoms with Crippen LogP contribution in [0.5, 0.6) is 0 Å². The third-order valence-corrected chi connectivity index (χ3v) is 4.82. The van der Waals surface area contributed by atoms with Crippen LogP contribution < -0.4 is 0 Å². The van der Waals surface area contributed by atoms with Gasteiger partial charge in [0.2, 0.25) is 0 Å². The Morgan fingerprint density at radius 3 is 1.13 bits per heavy atom. The summed E-state index contributed by atoms with van der Waals surface area (Å²) in [5, 5.41) is 18.0.